The molecule has 1 N–H and O–H groups in total. The van der Waals surface area contributed by atoms with Crippen molar-refractivity contribution >= 4 is 40.8 Å². The van der Waals surface area contributed by atoms with Gasteiger partial charge < -0.3 is 10.0 Å². The van der Waals surface area contributed by atoms with Gasteiger partial charge in [0.2, 0.25) is 11.8 Å². The Balaban J connectivity index is 1.65. The summed E-state index contributed by atoms with van der Waals surface area (Å²) in [5.41, 5.74) is 2.08. The number of rotatable bonds is 3. The first-order valence-corrected chi connectivity index (χ1v) is 10.1. The van der Waals surface area contributed by atoms with E-state index in [1.54, 1.807) is 11.0 Å². The highest BCUT2D eigenvalue weighted by Crippen LogP contribution is 2.31. The minimum absolute atomic E-state index is 0.170. The Morgan fingerprint density at radius 2 is 1.86 bits per heavy atom. The molecule has 28 heavy (non-hydrogen) atoms. The minimum atomic E-state index is -0.415. The molecule has 0 atom stereocenters. The van der Waals surface area contributed by atoms with E-state index in [-0.39, 0.29) is 29.0 Å². The third-order valence-corrected chi connectivity index (χ3v) is 6.02. The van der Waals surface area contributed by atoms with Crippen LogP contribution in [-0.2, 0) is 16.1 Å². The van der Waals surface area contributed by atoms with E-state index >= 15 is 0 Å². The van der Waals surface area contributed by atoms with Crippen LogP contribution in [0.25, 0.3) is 17.7 Å². The lowest BCUT2D eigenvalue weighted by atomic mass is 9.91. The molecule has 1 aliphatic carbocycles. The molecule has 0 saturated carbocycles. The molecule has 1 saturated heterocycles. The quantitative estimate of drug-likeness (QED) is 0.809. The molecule has 0 unspecified atom stereocenters. The standard InChI is InChI=1S/C21H20N2O4S/c24-17-9-8-14-6-2-3-7-15(14)16(17)12-18-20(26)23(21(27)28-18)13-19(25)22-10-4-1-5-11-22/h2-3,6-9,12,26H,1,4-5,10-11,13H2/b16-12-. The van der Waals surface area contributed by atoms with Crippen LogP contribution in [0.5, 0.6) is 5.88 Å². The van der Waals surface area contributed by atoms with Crippen LogP contribution in [0.1, 0.15) is 35.3 Å². The summed E-state index contributed by atoms with van der Waals surface area (Å²) in [6, 6.07) is 7.45. The molecule has 2 aromatic rings. The van der Waals surface area contributed by atoms with Crippen molar-refractivity contribution in [3.8, 4) is 5.88 Å². The van der Waals surface area contributed by atoms with Crippen molar-refractivity contribution in [1.82, 2.24) is 9.47 Å². The second kappa shape index (κ2) is 7.59. The van der Waals surface area contributed by atoms with Crippen LogP contribution >= 0.6 is 11.3 Å². The lowest BCUT2D eigenvalue weighted by molar-refractivity contribution is -0.132. The molecule has 4 rings (SSSR count). The van der Waals surface area contributed by atoms with E-state index in [0.29, 0.717) is 18.7 Å². The van der Waals surface area contributed by atoms with Gasteiger partial charge in [-0.25, -0.2) is 0 Å². The molecule has 144 valence electrons. The van der Waals surface area contributed by atoms with Crippen LogP contribution in [0.2, 0.25) is 0 Å². The topological polar surface area (TPSA) is 79.6 Å². The van der Waals surface area contributed by atoms with Gasteiger partial charge in [-0.1, -0.05) is 41.7 Å². The average Bonchev–Trinajstić information content (AvgIpc) is 2.98. The number of piperidine rings is 1. The van der Waals surface area contributed by atoms with Crippen molar-refractivity contribution in [3.05, 3.63) is 56.0 Å². The first-order chi connectivity index (χ1) is 13.5. The van der Waals surface area contributed by atoms with E-state index in [4.69, 9.17) is 0 Å². The van der Waals surface area contributed by atoms with Gasteiger partial charge in [-0.15, -0.1) is 0 Å². The summed E-state index contributed by atoms with van der Waals surface area (Å²) in [6.45, 7) is 1.19. The molecule has 1 aromatic carbocycles. The summed E-state index contributed by atoms with van der Waals surface area (Å²) in [6.07, 6.45) is 7.79. The van der Waals surface area contributed by atoms with Crippen molar-refractivity contribution < 1.29 is 14.7 Å². The molecule has 2 heterocycles. The van der Waals surface area contributed by atoms with Gasteiger partial charge in [0.05, 0.1) is 4.88 Å². The van der Waals surface area contributed by atoms with E-state index in [2.05, 4.69) is 0 Å². The molecular formula is C21H20N2O4S. The Kier molecular flexibility index (Phi) is 5.00. The van der Waals surface area contributed by atoms with E-state index in [0.717, 1.165) is 46.3 Å². The minimum Gasteiger partial charge on any atom is -0.493 e. The van der Waals surface area contributed by atoms with E-state index in [1.807, 2.05) is 24.3 Å². The van der Waals surface area contributed by atoms with Gasteiger partial charge in [0.1, 0.15) is 6.54 Å². The van der Waals surface area contributed by atoms with Gasteiger partial charge in [0.25, 0.3) is 0 Å². The van der Waals surface area contributed by atoms with Gasteiger partial charge >= 0.3 is 4.87 Å². The summed E-state index contributed by atoms with van der Waals surface area (Å²) in [4.78, 5) is 38.8. The number of carbonyl (C=O) groups excluding carboxylic acids is 2. The molecular weight excluding hydrogens is 376 g/mol. The highest BCUT2D eigenvalue weighted by atomic mass is 32.1. The zero-order valence-corrected chi connectivity index (χ0v) is 16.1. The Labute approximate surface area is 166 Å². The number of nitrogens with zero attached hydrogens (tertiary/aromatic N) is 2. The Morgan fingerprint density at radius 1 is 1.11 bits per heavy atom. The summed E-state index contributed by atoms with van der Waals surface area (Å²) in [5, 5.41) is 10.6. The van der Waals surface area contributed by atoms with Gasteiger partial charge in [0.15, 0.2) is 5.78 Å². The van der Waals surface area contributed by atoms with Crippen LogP contribution in [0, 0.1) is 0 Å². The van der Waals surface area contributed by atoms with Crippen molar-refractivity contribution in [1.29, 1.82) is 0 Å². The molecule has 2 aliphatic rings. The first kappa shape index (κ1) is 18.4. The maximum atomic E-state index is 12.5. The molecule has 1 aliphatic heterocycles. The third-order valence-electron chi connectivity index (χ3n) is 5.10. The lowest BCUT2D eigenvalue weighted by Crippen LogP contribution is -2.38. The van der Waals surface area contributed by atoms with Crippen molar-refractivity contribution in [2.45, 2.75) is 25.8 Å². The average molecular weight is 396 g/mol. The molecule has 0 spiro atoms. The predicted molar refractivity (Wildman–Crippen MR) is 109 cm³/mol. The Morgan fingerprint density at radius 3 is 2.64 bits per heavy atom. The van der Waals surface area contributed by atoms with Gasteiger partial charge in [-0.05, 0) is 42.5 Å². The zero-order chi connectivity index (χ0) is 19.7. The number of ketones is 1. The number of carbonyl (C=O) groups is 2. The van der Waals surface area contributed by atoms with Crippen LogP contribution in [-0.4, -0.2) is 39.4 Å². The van der Waals surface area contributed by atoms with Gasteiger partial charge in [-0.2, -0.15) is 0 Å². The number of thiazole rings is 1. The van der Waals surface area contributed by atoms with E-state index in [1.165, 1.54) is 12.2 Å². The number of aromatic hydroxyl groups is 1. The SMILES string of the molecule is O=C1C=Cc2ccccc2/C1=C/c1sc(=O)n(CC(=O)N2CCCCC2)c1O. The van der Waals surface area contributed by atoms with Crippen molar-refractivity contribution in [2.75, 3.05) is 13.1 Å². The number of amides is 1. The second-order valence-electron chi connectivity index (χ2n) is 6.93. The van der Waals surface area contributed by atoms with E-state index in [9.17, 15) is 19.5 Å². The highest BCUT2D eigenvalue weighted by molar-refractivity contribution is 7.10. The fourth-order valence-electron chi connectivity index (χ4n) is 3.58. The molecule has 7 heteroatoms. The largest absolute Gasteiger partial charge is 0.493 e. The molecule has 1 amide bonds. The van der Waals surface area contributed by atoms with E-state index < -0.39 is 4.87 Å². The first-order valence-electron chi connectivity index (χ1n) is 9.28. The van der Waals surface area contributed by atoms with Crippen LogP contribution in [0.3, 0.4) is 0 Å². The Hall–Kier alpha value is -2.93. The maximum Gasteiger partial charge on any atom is 0.311 e. The normalized spacial score (nSPS) is 17.8. The van der Waals surface area contributed by atoms with Crippen molar-refractivity contribution in [3.63, 3.8) is 0 Å². The fourth-order valence-corrected chi connectivity index (χ4v) is 4.41. The number of hydrogen-bond acceptors (Lipinski definition) is 5. The lowest BCUT2D eigenvalue weighted by Gasteiger charge is -2.26. The van der Waals surface area contributed by atoms with Crippen LogP contribution in [0.4, 0.5) is 0 Å². The number of fused-ring (bicyclic) bond motifs is 1. The summed E-state index contributed by atoms with van der Waals surface area (Å²) >= 11 is 0.834. The summed E-state index contributed by atoms with van der Waals surface area (Å²) < 4.78 is 1.09. The molecule has 1 fully saturated rings. The van der Waals surface area contributed by atoms with Crippen LogP contribution < -0.4 is 4.87 Å². The maximum absolute atomic E-state index is 12.5. The molecule has 1 aromatic heterocycles. The molecule has 6 nitrogen and oxygen atoms in total. The number of allylic oxidation sites excluding steroid dienone is 2. The highest BCUT2D eigenvalue weighted by Gasteiger charge is 2.23. The number of hydrogen-bond donors (Lipinski definition) is 1. The monoisotopic (exact) mass is 396 g/mol. The number of likely N-dealkylation sites (tertiary alicyclic amines) is 1. The predicted octanol–water partition coefficient (Wildman–Crippen LogP) is 2.76. The number of aromatic nitrogens is 1. The second-order valence-corrected chi connectivity index (χ2v) is 7.92. The Bertz CT molecular complexity index is 1050. The van der Waals surface area contributed by atoms with Gasteiger partial charge in [0, 0.05) is 18.7 Å². The van der Waals surface area contributed by atoms with Crippen LogP contribution in [0.15, 0.2) is 35.1 Å². The number of benzene rings is 1. The fraction of sp³-hybridized carbons (Fsp3) is 0.286. The summed E-state index contributed by atoms with van der Waals surface area (Å²) in [7, 11) is 0. The van der Waals surface area contributed by atoms with Gasteiger partial charge in [-0.3, -0.25) is 19.0 Å². The third kappa shape index (κ3) is 3.45. The molecule has 0 bridgehead atoms. The summed E-state index contributed by atoms with van der Waals surface area (Å²) in [5.74, 6) is -0.626. The van der Waals surface area contributed by atoms with Crippen molar-refractivity contribution in [2.24, 2.45) is 0 Å². The zero-order valence-electron chi connectivity index (χ0n) is 15.3. The smallest absolute Gasteiger partial charge is 0.311 e. The molecule has 0 radical (unpaired) electrons.